The Morgan fingerprint density at radius 3 is 2.70 bits per heavy atom. The van der Waals surface area contributed by atoms with E-state index in [1.165, 1.54) is 6.07 Å². The maximum atomic E-state index is 13.2. The molecular weight excluding hydrogens is 277 g/mol. The number of hydrogen-bond donors (Lipinski definition) is 1. The molecule has 1 N–H and O–H groups in total. The van der Waals surface area contributed by atoms with Gasteiger partial charge in [0.2, 0.25) is 0 Å². The summed E-state index contributed by atoms with van der Waals surface area (Å²) in [6.45, 7) is 7.17. The van der Waals surface area contributed by atoms with E-state index in [1.54, 1.807) is 19.1 Å². The van der Waals surface area contributed by atoms with Crippen LogP contribution in [0.5, 0.6) is 0 Å². The molecule has 0 radical (unpaired) electrons. The van der Waals surface area contributed by atoms with Crippen molar-refractivity contribution in [3.63, 3.8) is 0 Å². The molecule has 0 atom stereocenters. The van der Waals surface area contributed by atoms with Gasteiger partial charge in [-0.15, -0.1) is 0 Å². The normalized spacial score (nSPS) is 10.8. The summed E-state index contributed by atoms with van der Waals surface area (Å²) < 4.78 is 15.1. The molecule has 1 aromatic carbocycles. The number of halogens is 2. The maximum Gasteiger partial charge on any atom is 0.126 e. The van der Waals surface area contributed by atoms with Gasteiger partial charge in [-0.25, -0.2) is 4.39 Å². The number of benzene rings is 1. The number of anilines is 1. The second kappa shape index (κ2) is 6.27. The molecular formula is C15H19ClFN3. The van der Waals surface area contributed by atoms with Gasteiger partial charge in [0.1, 0.15) is 5.82 Å². The molecule has 3 nitrogen and oxygen atoms in total. The van der Waals surface area contributed by atoms with Crippen molar-refractivity contribution < 1.29 is 4.39 Å². The minimum absolute atomic E-state index is 0.194. The van der Waals surface area contributed by atoms with Crippen molar-refractivity contribution in [2.45, 2.75) is 40.3 Å². The van der Waals surface area contributed by atoms with Crippen molar-refractivity contribution in [1.82, 2.24) is 9.78 Å². The average molecular weight is 296 g/mol. The molecule has 2 rings (SSSR count). The summed E-state index contributed by atoms with van der Waals surface area (Å²) in [7, 11) is 0. The fraction of sp³-hybridized carbons (Fsp3) is 0.400. The molecule has 0 unspecified atom stereocenters. The minimum Gasteiger partial charge on any atom is -0.379 e. The van der Waals surface area contributed by atoms with Gasteiger partial charge in [-0.05, 0) is 44.0 Å². The van der Waals surface area contributed by atoms with Crippen LogP contribution in [0.15, 0.2) is 18.2 Å². The Morgan fingerprint density at radius 1 is 1.35 bits per heavy atom. The van der Waals surface area contributed by atoms with Crippen molar-refractivity contribution in [3.05, 3.63) is 46.0 Å². The predicted octanol–water partition coefficient (Wildman–Crippen LogP) is 4.18. The molecule has 0 fully saturated rings. The number of nitrogens with zero attached hydrogens (tertiary/aromatic N) is 2. The SMILES string of the molecule is CCc1nn(CC)c(CNc2ccc(F)c(C)c2)c1Cl. The molecule has 0 amide bonds. The topological polar surface area (TPSA) is 29.9 Å². The summed E-state index contributed by atoms with van der Waals surface area (Å²) in [6, 6.07) is 4.98. The zero-order chi connectivity index (χ0) is 14.7. The van der Waals surface area contributed by atoms with Gasteiger partial charge in [-0.1, -0.05) is 18.5 Å². The Bertz CT molecular complexity index is 607. The van der Waals surface area contributed by atoms with Crippen LogP contribution in [-0.2, 0) is 19.5 Å². The fourth-order valence-corrected chi connectivity index (χ4v) is 2.46. The summed E-state index contributed by atoms with van der Waals surface area (Å²) in [4.78, 5) is 0. The summed E-state index contributed by atoms with van der Waals surface area (Å²) in [6.07, 6.45) is 0.814. The van der Waals surface area contributed by atoms with Gasteiger partial charge in [0.15, 0.2) is 0 Å². The zero-order valence-electron chi connectivity index (χ0n) is 12.0. The van der Waals surface area contributed by atoms with Crippen molar-refractivity contribution in [3.8, 4) is 0 Å². The lowest BCUT2D eigenvalue weighted by Crippen LogP contribution is -2.08. The number of nitrogens with one attached hydrogen (secondary N) is 1. The van der Waals surface area contributed by atoms with Gasteiger partial charge in [0, 0.05) is 12.2 Å². The Morgan fingerprint density at radius 2 is 2.10 bits per heavy atom. The van der Waals surface area contributed by atoms with Crippen LogP contribution in [0, 0.1) is 12.7 Å². The molecule has 2 aromatic rings. The highest BCUT2D eigenvalue weighted by molar-refractivity contribution is 6.31. The lowest BCUT2D eigenvalue weighted by Gasteiger charge is -2.09. The Balaban J connectivity index is 2.17. The summed E-state index contributed by atoms with van der Waals surface area (Å²) in [5.41, 5.74) is 3.38. The highest BCUT2D eigenvalue weighted by Crippen LogP contribution is 2.23. The van der Waals surface area contributed by atoms with Gasteiger partial charge in [-0.3, -0.25) is 4.68 Å². The lowest BCUT2D eigenvalue weighted by molar-refractivity contribution is 0.616. The van der Waals surface area contributed by atoms with Crippen LogP contribution in [0.4, 0.5) is 10.1 Å². The maximum absolute atomic E-state index is 13.2. The van der Waals surface area contributed by atoms with Crippen LogP contribution < -0.4 is 5.32 Å². The zero-order valence-corrected chi connectivity index (χ0v) is 12.8. The summed E-state index contributed by atoms with van der Waals surface area (Å²) in [5.74, 6) is -0.194. The molecule has 0 aliphatic rings. The number of rotatable bonds is 5. The van der Waals surface area contributed by atoms with Crippen molar-refractivity contribution in [1.29, 1.82) is 0 Å². The lowest BCUT2D eigenvalue weighted by atomic mass is 10.2. The fourth-order valence-electron chi connectivity index (χ4n) is 2.13. The highest BCUT2D eigenvalue weighted by Gasteiger charge is 2.13. The molecule has 0 saturated carbocycles. The molecule has 0 aliphatic carbocycles. The predicted molar refractivity (Wildman–Crippen MR) is 80.8 cm³/mol. The Hall–Kier alpha value is -1.55. The van der Waals surface area contributed by atoms with Crippen LogP contribution in [-0.4, -0.2) is 9.78 Å². The van der Waals surface area contributed by atoms with Crippen LogP contribution in [0.2, 0.25) is 5.02 Å². The Kier molecular flexibility index (Phi) is 4.65. The largest absolute Gasteiger partial charge is 0.379 e. The van der Waals surface area contributed by atoms with Gasteiger partial charge in [0.25, 0.3) is 0 Å². The van der Waals surface area contributed by atoms with Crippen LogP contribution >= 0.6 is 11.6 Å². The number of aryl methyl sites for hydroxylation is 3. The molecule has 1 heterocycles. The summed E-state index contributed by atoms with van der Waals surface area (Å²) >= 11 is 6.35. The van der Waals surface area contributed by atoms with Crippen LogP contribution in [0.3, 0.4) is 0 Å². The minimum atomic E-state index is -0.194. The number of aromatic nitrogens is 2. The Labute approximate surface area is 123 Å². The van der Waals surface area contributed by atoms with E-state index in [4.69, 9.17) is 11.6 Å². The first kappa shape index (κ1) is 14.9. The third-order valence-corrected chi connectivity index (χ3v) is 3.75. The van der Waals surface area contributed by atoms with Crippen molar-refractivity contribution in [2.24, 2.45) is 0 Å². The smallest absolute Gasteiger partial charge is 0.126 e. The molecule has 0 bridgehead atoms. The van der Waals surface area contributed by atoms with E-state index >= 15 is 0 Å². The first-order valence-electron chi connectivity index (χ1n) is 6.80. The van der Waals surface area contributed by atoms with E-state index in [1.807, 2.05) is 18.5 Å². The second-order valence-corrected chi connectivity index (χ2v) is 5.07. The first-order valence-corrected chi connectivity index (χ1v) is 7.18. The second-order valence-electron chi connectivity index (χ2n) is 4.69. The van der Waals surface area contributed by atoms with Gasteiger partial charge in [0.05, 0.1) is 23.0 Å². The van der Waals surface area contributed by atoms with Gasteiger partial charge in [-0.2, -0.15) is 5.10 Å². The van der Waals surface area contributed by atoms with E-state index in [9.17, 15) is 4.39 Å². The molecule has 1 aromatic heterocycles. The van der Waals surface area contributed by atoms with Crippen molar-refractivity contribution >= 4 is 17.3 Å². The third-order valence-electron chi connectivity index (χ3n) is 3.31. The molecule has 0 aliphatic heterocycles. The quantitative estimate of drug-likeness (QED) is 0.897. The summed E-state index contributed by atoms with van der Waals surface area (Å²) in [5, 5.41) is 8.47. The molecule has 108 valence electrons. The van der Waals surface area contributed by atoms with Crippen LogP contribution in [0.25, 0.3) is 0 Å². The monoisotopic (exact) mass is 295 g/mol. The standard InChI is InChI=1S/C15H19ClFN3/c1-4-13-15(16)14(20(5-2)19-13)9-18-11-6-7-12(17)10(3)8-11/h6-8,18H,4-5,9H2,1-3H3. The van der Waals surface area contributed by atoms with E-state index in [0.717, 1.165) is 35.1 Å². The molecule has 0 saturated heterocycles. The van der Waals surface area contributed by atoms with E-state index in [-0.39, 0.29) is 5.82 Å². The van der Waals surface area contributed by atoms with Gasteiger partial charge < -0.3 is 5.32 Å². The van der Waals surface area contributed by atoms with E-state index in [0.29, 0.717) is 12.1 Å². The molecule has 0 spiro atoms. The average Bonchev–Trinajstić information content (AvgIpc) is 2.76. The highest BCUT2D eigenvalue weighted by atomic mass is 35.5. The van der Waals surface area contributed by atoms with E-state index in [2.05, 4.69) is 10.4 Å². The third kappa shape index (κ3) is 2.96. The number of hydrogen-bond acceptors (Lipinski definition) is 2. The first-order chi connectivity index (χ1) is 9.56. The van der Waals surface area contributed by atoms with Crippen molar-refractivity contribution in [2.75, 3.05) is 5.32 Å². The van der Waals surface area contributed by atoms with Crippen LogP contribution in [0.1, 0.15) is 30.8 Å². The van der Waals surface area contributed by atoms with Gasteiger partial charge >= 0.3 is 0 Å². The molecule has 20 heavy (non-hydrogen) atoms. The van der Waals surface area contributed by atoms with E-state index < -0.39 is 0 Å². The molecule has 5 heteroatoms.